The molecule has 4 aromatic carbocycles. The zero-order valence-corrected chi connectivity index (χ0v) is 30.6. The van der Waals surface area contributed by atoms with E-state index < -0.39 is 28.5 Å². The number of ether oxygens (including phenoxy) is 2. The normalized spacial score (nSPS) is 12.5. The van der Waals surface area contributed by atoms with Crippen molar-refractivity contribution >= 4 is 62.3 Å². The number of halogens is 3. The highest BCUT2D eigenvalue weighted by molar-refractivity contribution is 7.92. The summed E-state index contributed by atoms with van der Waals surface area (Å²) < 4.78 is 40.4. The number of nitrogens with one attached hydrogen (secondary N) is 1. The van der Waals surface area contributed by atoms with Crippen LogP contribution >= 0.6 is 34.8 Å². The molecule has 0 aliphatic rings. The summed E-state index contributed by atoms with van der Waals surface area (Å²) in [5, 5.41) is 3.99. The number of methoxy groups -OCH3 is 2. The smallest absolute Gasteiger partial charge is 0.264 e. The molecule has 13 heteroatoms. The fraction of sp³-hybridized carbons (Fsp3) is 0.278. The van der Waals surface area contributed by atoms with Gasteiger partial charge in [-0.15, -0.1) is 0 Å². The number of hydrogen-bond donors (Lipinski definition) is 1. The summed E-state index contributed by atoms with van der Waals surface area (Å²) in [7, 11) is -1.56. The van der Waals surface area contributed by atoms with E-state index >= 15 is 0 Å². The minimum Gasteiger partial charge on any atom is -0.493 e. The Morgan fingerprint density at radius 2 is 1.49 bits per heavy atom. The van der Waals surface area contributed by atoms with E-state index in [4.69, 9.17) is 44.3 Å². The molecule has 0 bridgehead atoms. The second kappa shape index (κ2) is 17.1. The van der Waals surface area contributed by atoms with Crippen LogP contribution in [0.25, 0.3) is 0 Å². The maximum Gasteiger partial charge on any atom is 0.264 e. The number of rotatable bonds is 15. The van der Waals surface area contributed by atoms with E-state index in [2.05, 4.69) is 5.32 Å². The molecule has 2 unspecified atom stereocenters. The Bertz CT molecular complexity index is 1860. The van der Waals surface area contributed by atoms with Gasteiger partial charge in [0, 0.05) is 30.1 Å². The molecule has 0 aromatic heterocycles. The summed E-state index contributed by atoms with van der Waals surface area (Å²) in [4.78, 5) is 29.9. The van der Waals surface area contributed by atoms with Gasteiger partial charge in [-0.05, 0) is 73.0 Å². The molecule has 0 heterocycles. The van der Waals surface area contributed by atoms with Crippen molar-refractivity contribution < 1.29 is 27.5 Å². The SMILES string of the molecule is CCC(C)NC(=O)C(Cc1ccccc1)N(Cc1ccc(Cl)c(Cl)c1)C(=O)CN(c1ccc(Cl)cc1)S(=O)(=O)c1ccc(OC)c(OC)c1. The molecule has 0 fully saturated rings. The average molecular weight is 747 g/mol. The molecule has 49 heavy (non-hydrogen) atoms. The highest BCUT2D eigenvalue weighted by Crippen LogP contribution is 2.33. The number of amides is 2. The lowest BCUT2D eigenvalue weighted by Gasteiger charge is -2.34. The Morgan fingerprint density at radius 3 is 2.10 bits per heavy atom. The summed E-state index contributed by atoms with van der Waals surface area (Å²) in [6, 6.07) is 23.3. The maximum absolute atomic E-state index is 14.7. The molecule has 9 nitrogen and oxygen atoms in total. The number of nitrogens with zero attached hydrogens (tertiary/aromatic N) is 2. The van der Waals surface area contributed by atoms with Gasteiger partial charge >= 0.3 is 0 Å². The number of carbonyl (C=O) groups is 2. The molecule has 0 radical (unpaired) electrons. The van der Waals surface area contributed by atoms with Crippen LogP contribution in [-0.2, 0) is 32.6 Å². The molecule has 2 atom stereocenters. The van der Waals surface area contributed by atoms with Crippen LogP contribution in [0.5, 0.6) is 11.5 Å². The van der Waals surface area contributed by atoms with Crippen LogP contribution in [0.2, 0.25) is 15.1 Å². The first-order chi connectivity index (χ1) is 23.4. The molecule has 2 amide bonds. The third kappa shape index (κ3) is 9.60. The van der Waals surface area contributed by atoms with Crippen molar-refractivity contribution in [2.75, 3.05) is 25.1 Å². The van der Waals surface area contributed by atoms with Gasteiger partial charge in [0.1, 0.15) is 12.6 Å². The molecule has 0 saturated carbocycles. The third-order valence-electron chi connectivity index (χ3n) is 7.95. The molecule has 4 rings (SSSR count). The van der Waals surface area contributed by atoms with Gasteiger partial charge in [0.2, 0.25) is 11.8 Å². The lowest BCUT2D eigenvalue weighted by Crippen LogP contribution is -2.54. The van der Waals surface area contributed by atoms with Gasteiger partial charge in [-0.1, -0.05) is 78.1 Å². The van der Waals surface area contributed by atoms with Gasteiger partial charge < -0.3 is 19.7 Å². The fourth-order valence-electron chi connectivity index (χ4n) is 5.07. The lowest BCUT2D eigenvalue weighted by molar-refractivity contribution is -0.140. The number of carbonyl (C=O) groups excluding carboxylic acids is 2. The summed E-state index contributed by atoms with van der Waals surface area (Å²) in [6.07, 6.45) is 0.831. The van der Waals surface area contributed by atoms with Gasteiger partial charge in [0.05, 0.1) is 34.8 Å². The van der Waals surface area contributed by atoms with Crippen molar-refractivity contribution in [1.29, 1.82) is 0 Å². The maximum atomic E-state index is 14.7. The van der Waals surface area contributed by atoms with E-state index in [0.717, 1.165) is 9.87 Å². The number of hydrogen-bond acceptors (Lipinski definition) is 6. The van der Waals surface area contributed by atoms with Crippen LogP contribution in [0.3, 0.4) is 0 Å². The first-order valence-electron chi connectivity index (χ1n) is 15.5. The minimum atomic E-state index is -4.40. The number of sulfonamides is 1. The van der Waals surface area contributed by atoms with E-state index in [1.165, 1.54) is 61.6 Å². The van der Waals surface area contributed by atoms with Crippen LogP contribution in [0.15, 0.2) is 95.9 Å². The summed E-state index contributed by atoms with van der Waals surface area (Å²) in [5.74, 6) is -0.492. The van der Waals surface area contributed by atoms with Gasteiger partial charge in [0.25, 0.3) is 10.0 Å². The Morgan fingerprint density at radius 1 is 0.816 bits per heavy atom. The third-order valence-corrected chi connectivity index (χ3v) is 10.7. The zero-order chi connectivity index (χ0) is 35.7. The molecule has 1 N–H and O–H groups in total. The molecule has 0 aliphatic heterocycles. The molecule has 0 aliphatic carbocycles. The zero-order valence-electron chi connectivity index (χ0n) is 27.5. The Kier molecular flexibility index (Phi) is 13.2. The summed E-state index contributed by atoms with van der Waals surface area (Å²) in [6.45, 7) is 3.10. The van der Waals surface area contributed by atoms with Crippen molar-refractivity contribution in [3.05, 3.63) is 117 Å². The van der Waals surface area contributed by atoms with Crippen LogP contribution in [0, 0.1) is 0 Å². The van der Waals surface area contributed by atoms with E-state index in [9.17, 15) is 18.0 Å². The van der Waals surface area contributed by atoms with Crippen LogP contribution in [-0.4, -0.2) is 58.0 Å². The monoisotopic (exact) mass is 745 g/mol. The van der Waals surface area contributed by atoms with Crippen LogP contribution < -0.4 is 19.1 Å². The number of benzene rings is 4. The summed E-state index contributed by atoms with van der Waals surface area (Å²) >= 11 is 18.7. The molecule has 260 valence electrons. The Labute approximate surface area is 302 Å². The molecular formula is C36H38Cl3N3O6S. The lowest BCUT2D eigenvalue weighted by atomic mass is 10.0. The van der Waals surface area contributed by atoms with Gasteiger partial charge in [-0.25, -0.2) is 8.42 Å². The van der Waals surface area contributed by atoms with Crippen molar-refractivity contribution in [1.82, 2.24) is 10.2 Å². The van der Waals surface area contributed by atoms with Crippen molar-refractivity contribution in [2.24, 2.45) is 0 Å². The first-order valence-corrected chi connectivity index (χ1v) is 18.0. The molecule has 4 aromatic rings. The van der Waals surface area contributed by atoms with E-state index in [0.29, 0.717) is 27.8 Å². The average Bonchev–Trinajstić information content (AvgIpc) is 3.10. The second-order valence-corrected chi connectivity index (χ2v) is 14.4. The van der Waals surface area contributed by atoms with E-state index in [1.807, 2.05) is 44.2 Å². The highest BCUT2D eigenvalue weighted by atomic mass is 35.5. The van der Waals surface area contributed by atoms with Crippen LogP contribution in [0.4, 0.5) is 5.69 Å². The fourth-order valence-corrected chi connectivity index (χ4v) is 6.95. The van der Waals surface area contributed by atoms with Crippen molar-refractivity contribution in [2.45, 2.75) is 50.2 Å². The summed E-state index contributed by atoms with van der Waals surface area (Å²) in [5.41, 5.74) is 1.59. The van der Waals surface area contributed by atoms with Crippen LogP contribution in [0.1, 0.15) is 31.4 Å². The van der Waals surface area contributed by atoms with Gasteiger partial charge in [0.15, 0.2) is 11.5 Å². The predicted molar refractivity (Wildman–Crippen MR) is 194 cm³/mol. The standard InChI is InChI=1S/C36H38Cl3N3O6S/c1-5-24(2)40-36(44)32(20-25-9-7-6-8-10-25)41(22-26-11-17-30(38)31(39)19-26)35(43)23-42(28-14-12-27(37)13-15-28)49(45,46)29-16-18-33(47-3)34(21-29)48-4/h6-19,21,24,32H,5,20,22-23H2,1-4H3,(H,40,44). The minimum absolute atomic E-state index is 0.0635. The first kappa shape index (κ1) is 37.9. The molecule has 0 spiro atoms. The van der Waals surface area contributed by atoms with Crippen molar-refractivity contribution in [3.63, 3.8) is 0 Å². The quantitative estimate of drug-likeness (QED) is 0.136. The molecule has 0 saturated heterocycles. The van der Waals surface area contributed by atoms with E-state index in [-0.39, 0.29) is 46.3 Å². The topological polar surface area (TPSA) is 105 Å². The van der Waals surface area contributed by atoms with E-state index in [1.54, 1.807) is 18.2 Å². The molecular weight excluding hydrogens is 709 g/mol. The van der Waals surface area contributed by atoms with Gasteiger partial charge in [-0.2, -0.15) is 0 Å². The second-order valence-electron chi connectivity index (χ2n) is 11.3. The van der Waals surface area contributed by atoms with Gasteiger partial charge in [-0.3, -0.25) is 13.9 Å². The predicted octanol–water partition coefficient (Wildman–Crippen LogP) is 7.41. The Balaban J connectivity index is 1.84. The highest BCUT2D eigenvalue weighted by Gasteiger charge is 2.35. The largest absolute Gasteiger partial charge is 0.493 e. The van der Waals surface area contributed by atoms with Crippen molar-refractivity contribution in [3.8, 4) is 11.5 Å². The Hall–Kier alpha value is -3.96. The number of anilines is 1.